The van der Waals surface area contributed by atoms with E-state index in [1.807, 2.05) is 13.8 Å². The third-order valence-corrected chi connectivity index (χ3v) is 2.15. The third kappa shape index (κ3) is 4.54. The van der Waals surface area contributed by atoms with Crippen molar-refractivity contribution in [3.8, 4) is 0 Å². The molecule has 7 nitrogen and oxygen atoms in total. The molecule has 0 aliphatic rings. The number of nitrogen functional groups attached to an aromatic ring is 1. The van der Waals surface area contributed by atoms with Gasteiger partial charge in [-0.3, -0.25) is 4.79 Å². The fourth-order valence-corrected chi connectivity index (χ4v) is 1.60. The fourth-order valence-electron chi connectivity index (χ4n) is 1.60. The van der Waals surface area contributed by atoms with Crippen molar-refractivity contribution in [3.63, 3.8) is 0 Å². The van der Waals surface area contributed by atoms with Gasteiger partial charge in [-0.15, -0.1) is 0 Å². The molecule has 7 heteroatoms. The minimum Gasteiger partial charge on any atom is -0.384 e. The number of carbonyl (C=O) groups is 1. The van der Waals surface area contributed by atoms with Gasteiger partial charge < -0.3 is 21.5 Å². The first-order valence-electron chi connectivity index (χ1n) is 5.51. The van der Waals surface area contributed by atoms with Crippen molar-refractivity contribution in [1.82, 2.24) is 9.97 Å². The molecule has 0 saturated heterocycles. The van der Waals surface area contributed by atoms with E-state index in [9.17, 15) is 4.79 Å². The summed E-state index contributed by atoms with van der Waals surface area (Å²) in [6.07, 6.45) is 0.191. The van der Waals surface area contributed by atoms with E-state index in [1.54, 1.807) is 13.2 Å². The van der Waals surface area contributed by atoms with Gasteiger partial charge in [-0.25, -0.2) is 9.97 Å². The van der Waals surface area contributed by atoms with Crippen LogP contribution in [0, 0.1) is 0 Å². The van der Waals surface area contributed by atoms with Crippen molar-refractivity contribution in [1.29, 1.82) is 0 Å². The van der Waals surface area contributed by atoms with Gasteiger partial charge in [-0.1, -0.05) is 0 Å². The number of rotatable bonds is 6. The maximum atomic E-state index is 10.9. The zero-order valence-corrected chi connectivity index (χ0v) is 10.9. The molecule has 0 unspecified atom stereocenters. The Morgan fingerprint density at radius 2 is 2.17 bits per heavy atom. The predicted octanol–water partition coefficient (Wildman–Crippen LogP) is 0.271. The van der Waals surface area contributed by atoms with Crippen molar-refractivity contribution in [2.24, 2.45) is 5.73 Å². The second-order valence-electron chi connectivity index (χ2n) is 4.68. The smallest absolute Gasteiger partial charge is 0.219 e. The zero-order valence-electron chi connectivity index (χ0n) is 10.9. The Labute approximate surface area is 106 Å². The first-order valence-corrected chi connectivity index (χ1v) is 5.51. The molecule has 18 heavy (non-hydrogen) atoms. The predicted molar refractivity (Wildman–Crippen MR) is 68.7 cm³/mol. The summed E-state index contributed by atoms with van der Waals surface area (Å²) in [6.45, 7) is 3.98. The number of amides is 1. The largest absolute Gasteiger partial charge is 0.384 e. The summed E-state index contributed by atoms with van der Waals surface area (Å²) in [5, 5.41) is 3.10. The molecule has 0 atom stereocenters. The van der Waals surface area contributed by atoms with E-state index in [-0.39, 0.29) is 18.9 Å². The highest BCUT2D eigenvalue weighted by Gasteiger charge is 2.21. The summed E-state index contributed by atoms with van der Waals surface area (Å²) in [6, 6.07) is 1.60. The van der Waals surface area contributed by atoms with Crippen LogP contribution in [0.5, 0.6) is 0 Å². The Hall–Kier alpha value is -1.89. The molecule has 0 aromatic carbocycles. The van der Waals surface area contributed by atoms with Crippen LogP contribution in [-0.4, -0.2) is 28.5 Å². The van der Waals surface area contributed by atoms with E-state index in [1.165, 1.54) is 0 Å². The molecule has 1 aromatic rings. The van der Waals surface area contributed by atoms with Gasteiger partial charge in [0.1, 0.15) is 18.2 Å². The van der Waals surface area contributed by atoms with Crippen LogP contribution in [0.1, 0.15) is 26.1 Å². The van der Waals surface area contributed by atoms with Crippen LogP contribution in [0.3, 0.4) is 0 Å². The topological polar surface area (TPSA) is 116 Å². The Morgan fingerprint density at radius 1 is 1.50 bits per heavy atom. The Kier molecular flexibility index (Phi) is 4.43. The Bertz CT molecular complexity index is 433. The standard InChI is InChI=1S/C11H19N5O2/c1-11(2,5-8(13)17)16-9-4-7(12)14-10(15-9)6-18-3/h4H,5-6H2,1-3H3,(H2,13,17)(H3,12,14,15,16). The molecule has 0 saturated carbocycles. The minimum absolute atomic E-state index is 0.191. The maximum Gasteiger partial charge on any atom is 0.219 e. The first-order chi connectivity index (χ1) is 8.32. The summed E-state index contributed by atoms with van der Waals surface area (Å²) in [4.78, 5) is 19.2. The molecule has 0 aliphatic carbocycles. The van der Waals surface area contributed by atoms with E-state index in [4.69, 9.17) is 16.2 Å². The minimum atomic E-state index is -0.503. The van der Waals surface area contributed by atoms with Gasteiger partial charge in [0, 0.05) is 25.1 Å². The SMILES string of the molecule is COCc1nc(N)cc(NC(C)(C)CC(N)=O)n1. The number of hydrogen-bond donors (Lipinski definition) is 3. The highest BCUT2D eigenvalue weighted by atomic mass is 16.5. The van der Waals surface area contributed by atoms with E-state index in [0.717, 1.165) is 0 Å². The molecule has 0 aliphatic heterocycles. The van der Waals surface area contributed by atoms with Gasteiger partial charge in [0.15, 0.2) is 5.82 Å². The summed E-state index contributed by atoms with van der Waals surface area (Å²) < 4.78 is 4.95. The Morgan fingerprint density at radius 3 is 2.72 bits per heavy atom. The second kappa shape index (κ2) is 5.63. The zero-order chi connectivity index (χ0) is 13.8. The van der Waals surface area contributed by atoms with Crippen molar-refractivity contribution < 1.29 is 9.53 Å². The highest BCUT2D eigenvalue weighted by Crippen LogP contribution is 2.17. The molecule has 1 heterocycles. The fraction of sp³-hybridized carbons (Fsp3) is 0.545. The number of aromatic nitrogens is 2. The lowest BCUT2D eigenvalue weighted by Crippen LogP contribution is -2.36. The van der Waals surface area contributed by atoms with E-state index in [2.05, 4.69) is 15.3 Å². The van der Waals surface area contributed by atoms with E-state index in [0.29, 0.717) is 17.5 Å². The van der Waals surface area contributed by atoms with E-state index >= 15 is 0 Å². The van der Waals surface area contributed by atoms with Crippen LogP contribution < -0.4 is 16.8 Å². The van der Waals surface area contributed by atoms with Crippen LogP contribution in [-0.2, 0) is 16.1 Å². The lowest BCUT2D eigenvalue weighted by atomic mass is 10.0. The molecule has 0 bridgehead atoms. The lowest BCUT2D eigenvalue weighted by Gasteiger charge is -2.25. The molecule has 0 radical (unpaired) electrons. The number of ether oxygens (including phenoxy) is 1. The highest BCUT2D eigenvalue weighted by molar-refractivity contribution is 5.75. The average Bonchev–Trinajstić information content (AvgIpc) is 2.12. The average molecular weight is 253 g/mol. The van der Waals surface area contributed by atoms with Crippen LogP contribution in [0.4, 0.5) is 11.6 Å². The number of primary amides is 1. The molecule has 0 fully saturated rings. The second-order valence-corrected chi connectivity index (χ2v) is 4.68. The van der Waals surface area contributed by atoms with Gasteiger partial charge in [-0.05, 0) is 13.8 Å². The van der Waals surface area contributed by atoms with Crippen molar-refractivity contribution >= 4 is 17.5 Å². The molecule has 0 spiro atoms. The number of nitrogens with one attached hydrogen (secondary N) is 1. The quantitative estimate of drug-likeness (QED) is 0.670. The van der Waals surface area contributed by atoms with Gasteiger partial charge in [0.05, 0.1) is 0 Å². The number of nitrogens with zero attached hydrogens (tertiary/aromatic N) is 2. The van der Waals surface area contributed by atoms with Crippen LogP contribution in [0.2, 0.25) is 0 Å². The first kappa shape index (κ1) is 14.2. The van der Waals surface area contributed by atoms with Crippen LogP contribution >= 0.6 is 0 Å². The van der Waals surface area contributed by atoms with Crippen LogP contribution in [0.25, 0.3) is 0 Å². The molecular formula is C11H19N5O2. The molecule has 100 valence electrons. The van der Waals surface area contributed by atoms with Gasteiger partial charge >= 0.3 is 0 Å². The summed E-state index contributed by atoms with van der Waals surface area (Å²) >= 11 is 0. The normalized spacial score (nSPS) is 11.3. The van der Waals surface area contributed by atoms with Crippen LogP contribution in [0.15, 0.2) is 6.07 Å². The number of carbonyl (C=O) groups excluding carboxylic acids is 1. The van der Waals surface area contributed by atoms with E-state index < -0.39 is 5.54 Å². The summed E-state index contributed by atoms with van der Waals surface area (Å²) in [7, 11) is 1.55. The molecule has 5 N–H and O–H groups in total. The molecule has 1 rings (SSSR count). The maximum absolute atomic E-state index is 10.9. The number of nitrogens with two attached hydrogens (primary N) is 2. The third-order valence-electron chi connectivity index (χ3n) is 2.15. The summed E-state index contributed by atoms with van der Waals surface area (Å²) in [5.41, 5.74) is 10.4. The van der Waals surface area contributed by atoms with Crippen molar-refractivity contribution in [3.05, 3.63) is 11.9 Å². The summed E-state index contributed by atoms with van der Waals surface area (Å²) in [5.74, 6) is 0.983. The molecule has 1 amide bonds. The monoisotopic (exact) mass is 253 g/mol. The number of hydrogen-bond acceptors (Lipinski definition) is 6. The van der Waals surface area contributed by atoms with Crippen molar-refractivity contribution in [2.75, 3.05) is 18.2 Å². The van der Waals surface area contributed by atoms with Gasteiger partial charge in [0.2, 0.25) is 5.91 Å². The Balaban J connectivity index is 2.86. The molecular weight excluding hydrogens is 234 g/mol. The number of anilines is 2. The van der Waals surface area contributed by atoms with Gasteiger partial charge in [0.25, 0.3) is 0 Å². The lowest BCUT2D eigenvalue weighted by molar-refractivity contribution is -0.118. The van der Waals surface area contributed by atoms with Gasteiger partial charge in [-0.2, -0.15) is 0 Å². The van der Waals surface area contributed by atoms with Crippen molar-refractivity contribution in [2.45, 2.75) is 32.4 Å². The molecule has 1 aromatic heterocycles. The number of methoxy groups -OCH3 is 1.